The highest BCUT2D eigenvalue weighted by atomic mass is 32.2. The number of carbonyl (C=O) groups is 1. The number of para-hydroxylation sites is 1. The molecule has 2 aliphatic heterocycles. The van der Waals surface area contributed by atoms with Gasteiger partial charge < -0.3 is 9.64 Å². The minimum Gasteiger partial charge on any atom is -0.497 e. The van der Waals surface area contributed by atoms with Gasteiger partial charge in [-0.15, -0.1) is 0 Å². The number of rotatable bonds is 4. The van der Waals surface area contributed by atoms with Crippen LogP contribution in [-0.4, -0.2) is 25.2 Å². The molecule has 7 heteroatoms. The summed E-state index contributed by atoms with van der Waals surface area (Å²) in [6, 6.07) is 25.8. The Labute approximate surface area is 195 Å². The molecule has 160 valence electrons. The minimum absolute atomic E-state index is 0.0536. The summed E-state index contributed by atoms with van der Waals surface area (Å²) >= 11 is 3.04. The largest absolute Gasteiger partial charge is 0.497 e. The van der Waals surface area contributed by atoms with Crippen LogP contribution in [0.3, 0.4) is 0 Å². The van der Waals surface area contributed by atoms with Crippen molar-refractivity contribution >= 4 is 46.0 Å². The molecule has 0 bridgehead atoms. The maximum Gasteiger partial charge on any atom is 0.274 e. The number of hydrogen-bond acceptors (Lipinski definition) is 6. The summed E-state index contributed by atoms with van der Waals surface area (Å²) in [6.45, 7) is 0.517. The molecule has 0 N–H and O–H groups in total. The summed E-state index contributed by atoms with van der Waals surface area (Å²) in [7, 11) is 3.65. The normalized spacial score (nSPS) is 19.1. The van der Waals surface area contributed by atoms with Gasteiger partial charge in [0, 0.05) is 18.0 Å². The molecule has 5 nitrogen and oxygen atoms in total. The van der Waals surface area contributed by atoms with Crippen LogP contribution >= 0.6 is 23.5 Å². The van der Waals surface area contributed by atoms with Crippen LogP contribution in [0, 0.1) is 0 Å². The van der Waals surface area contributed by atoms with Crippen LogP contribution in [0.25, 0.3) is 0 Å². The van der Waals surface area contributed by atoms with Gasteiger partial charge in [-0.05, 0) is 41.6 Å². The first-order valence-corrected chi connectivity index (χ1v) is 11.8. The first-order chi connectivity index (χ1) is 15.7. The molecule has 3 aromatic carbocycles. The van der Waals surface area contributed by atoms with Gasteiger partial charge in [-0.1, -0.05) is 60.3 Å². The SMILES string of the molecule is COc1ccc2c(c1)N(C)/C(=C1\SC(=NCc3ccccc3)N(c3ccccc3)C1=O)S2. The smallest absolute Gasteiger partial charge is 0.274 e. The van der Waals surface area contributed by atoms with Gasteiger partial charge in [-0.2, -0.15) is 0 Å². The molecular weight excluding hydrogens is 438 g/mol. The first kappa shape index (κ1) is 20.7. The quantitative estimate of drug-likeness (QED) is 0.466. The van der Waals surface area contributed by atoms with Gasteiger partial charge in [-0.3, -0.25) is 14.7 Å². The molecule has 0 saturated carbocycles. The molecule has 32 heavy (non-hydrogen) atoms. The van der Waals surface area contributed by atoms with Gasteiger partial charge in [0.25, 0.3) is 5.91 Å². The van der Waals surface area contributed by atoms with E-state index in [9.17, 15) is 4.79 Å². The lowest BCUT2D eigenvalue weighted by molar-refractivity contribution is -0.113. The molecule has 2 aliphatic rings. The Hall–Kier alpha value is -3.16. The van der Waals surface area contributed by atoms with Crippen molar-refractivity contribution in [2.24, 2.45) is 4.99 Å². The highest BCUT2D eigenvalue weighted by Crippen LogP contribution is 2.51. The maximum atomic E-state index is 13.6. The molecular formula is C25H21N3O2S2. The Bertz CT molecular complexity index is 1230. The molecule has 0 unspecified atom stereocenters. The molecule has 1 amide bonds. The first-order valence-electron chi connectivity index (χ1n) is 10.2. The van der Waals surface area contributed by atoms with Crippen LogP contribution in [0.5, 0.6) is 5.75 Å². The Morgan fingerprint density at radius 1 is 0.938 bits per heavy atom. The predicted molar refractivity (Wildman–Crippen MR) is 133 cm³/mol. The van der Waals surface area contributed by atoms with Crippen LogP contribution in [-0.2, 0) is 11.3 Å². The number of anilines is 2. The fourth-order valence-corrected chi connectivity index (χ4v) is 5.91. The fraction of sp³-hybridized carbons (Fsp3) is 0.120. The van der Waals surface area contributed by atoms with E-state index < -0.39 is 0 Å². The van der Waals surface area contributed by atoms with Crippen LogP contribution in [0.4, 0.5) is 11.4 Å². The fourth-order valence-electron chi connectivity index (χ4n) is 3.61. The second kappa shape index (κ2) is 8.76. The van der Waals surface area contributed by atoms with Crippen LogP contribution in [0.2, 0.25) is 0 Å². The zero-order valence-corrected chi connectivity index (χ0v) is 19.3. The van der Waals surface area contributed by atoms with Gasteiger partial charge >= 0.3 is 0 Å². The lowest BCUT2D eigenvalue weighted by Crippen LogP contribution is -2.29. The van der Waals surface area contributed by atoms with Gasteiger partial charge in [0.2, 0.25) is 0 Å². The number of nitrogens with zero attached hydrogens (tertiary/aromatic N) is 3. The average Bonchev–Trinajstić information content (AvgIpc) is 3.34. The van der Waals surface area contributed by atoms with Crippen LogP contribution in [0.1, 0.15) is 5.56 Å². The predicted octanol–water partition coefficient (Wildman–Crippen LogP) is 5.74. The van der Waals surface area contributed by atoms with Crippen LogP contribution < -0.4 is 14.5 Å². The second-order valence-corrected chi connectivity index (χ2v) is 9.30. The summed E-state index contributed by atoms with van der Waals surface area (Å²) in [6.07, 6.45) is 0. The summed E-state index contributed by atoms with van der Waals surface area (Å²) in [5.41, 5.74) is 2.96. The van der Waals surface area contributed by atoms with E-state index >= 15 is 0 Å². The molecule has 1 fully saturated rings. The van der Waals surface area contributed by atoms with E-state index in [1.165, 1.54) is 11.8 Å². The van der Waals surface area contributed by atoms with Gasteiger partial charge in [0.1, 0.15) is 10.7 Å². The van der Waals surface area contributed by atoms with Crippen LogP contribution in [0.15, 0.2) is 98.7 Å². The van der Waals surface area contributed by atoms with Crippen molar-refractivity contribution < 1.29 is 9.53 Å². The van der Waals surface area contributed by atoms with Gasteiger partial charge in [0.15, 0.2) is 5.17 Å². The van der Waals surface area contributed by atoms with Crippen molar-refractivity contribution in [3.8, 4) is 5.75 Å². The van der Waals surface area contributed by atoms with Crippen molar-refractivity contribution in [2.45, 2.75) is 11.4 Å². The number of benzene rings is 3. The van der Waals surface area contributed by atoms with Crippen molar-refractivity contribution in [3.63, 3.8) is 0 Å². The van der Waals surface area contributed by atoms with Crippen molar-refractivity contribution in [1.29, 1.82) is 0 Å². The summed E-state index contributed by atoms with van der Waals surface area (Å²) in [5, 5.41) is 1.60. The lowest BCUT2D eigenvalue weighted by atomic mass is 10.2. The summed E-state index contributed by atoms with van der Waals surface area (Å²) in [5.74, 6) is 0.742. The van der Waals surface area contributed by atoms with Gasteiger partial charge in [-0.25, -0.2) is 0 Å². The molecule has 2 heterocycles. The van der Waals surface area contributed by atoms with E-state index in [4.69, 9.17) is 9.73 Å². The Morgan fingerprint density at radius 2 is 1.66 bits per heavy atom. The second-order valence-electron chi connectivity index (χ2n) is 7.29. The number of carbonyl (C=O) groups excluding carboxylic acids is 1. The van der Waals surface area contributed by atoms with E-state index in [0.29, 0.717) is 16.6 Å². The molecule has 0 aromatic heterocycles. The topological polar surface area (TPSA) is 45.1 Å². The summed E-state index contributed by atoms with van der Waals surface area (Å²) < 4.78 is 5.38. The molecule has 5 rings (SSSR count). The minimum atomic E-state index is -0.0536. The number of thioether (sulfide) groups is 2. The third-order valence-electron chi connectivity index (χ3n) is 5.27. The number of fused-ring (bicyclic) bond motifs is 1. The average molecular weight is 460 g/mol. The Kier molecular flexibility index (Phi) is 5.68. The number of hydrogen-bond donors (Lipinski definition) is 0. The molecule has 1 saturated heterocycles. The zero-order valence-electron chi connectivity index (χ0n) is 17.7. The highest BCUT2D eigenvalue weighted by Gasteiger charge is 2.40. The Balaban J connectivity index is 1.54. The zero-order chi connectivity index (χ0) is 22.1. The standard InChI is InChI=1S/C25H21N3O2S2/c1-27-20-15-19(30-2)13-14-21(20)31-24(27)22-23(29)28(18-11-7-4-8-12-18)25(32-22)26-16-17-9-5-3-6-10-17/h3-15H,16H2,1-2H3/b24-22+,26-25?. The molecule has 3 aromatic rings. The molecule has 0 radical (unpaired) electrons. The van der Waals surface area contributed by atoms with E-state index in [1.54, 1.807) is 23.8 Å². The van der Waals surface area contributed by atoms with E-state index in [1.807, 2.05) is 85.9 Å². The maximum absolute atomic E-state index is 13.6. The number of amidine groups is 1. The number of ether oxygens (including phenoxy) is 1. The molecule has 0 spiro atoms. The third-order valence-corrected chi connectivity index (χ3v) is 7.70. The van der Waals surface area contributed by atoms with E-state index in [-0.39, 0.29) is 5.91 Å². The summed E-state index contributed by atoms with van der Waals surface area (Å²) in [4.78, 5) is 24.0. The molecule has 0 atom stereocenters. The lowest BCUT2D eigenvalue weighted by Gasteiger charge is -2.17. The van der Waals surface area contributed by atoms with Crippen molar-refractivity contribution in [3.05, 3.63) is 94.4 Å². The Morgan fingerprint density at radius 3 is 2.38 bits per heavy atom. The number of amides is 1. The monoisotopic (exact) mass is 459 g/mol. The number of methoxy groups -OCH3 is 1. The molecule has 0 aliphatic carbocycles. The van der Waals surface area contributed by atoms with Crippen molar-refractivity contribution in [2.75, 3.05) is 24.0 Å². The third kappa shape index (κ3) is 3.78. The number of aliphatic imine (C=N–C) groups is 1. The van der Waals surface area contributed by atoms with Gasteiger partial charge in [0.05, 0.1) is 30.1 Å². The van der Waals surface area contributed by atoms with E-state index in [2.05, 4.69) is 4.90 Å². The highest BCUT2D eigenvalue weighted by molar-refractivity contribution is 8.20. The van der Waals surface area contributed by atoms with E-state index in [0.717, 1.165) is 32.6 Å². The van der Waals surface area contributed by atoms with Crippen molar-refractivity contribution in [1.82, 2.24) is 0 Å².